The standard InChI is InChI=1S/C18H27N5O2S/c1-18(2,3)14-8-6-13(7-9-14)16-21-22-17(26-12-15(24)20-19)23(16)10-5-11-25-4/h6-9H,5,10-12,19H2,1-4H3,(H,20,24). The molecule has 0 fully saturated rings. The topological polar surface area (TPSA) is 95.1 Å². The molecule has 7 nitrogen and oxygen atoms in total. The zero-order chi connectivity index (χ0) is 19.2. The van der Waals surface area contributed by atoms with E-state index in [1.54, 1.807) is 7.11 Å². The molecule has 0 spiro atoms. The number of aromatic nitrogens is 3. The first-order chi connectivity index (χ1) is 12.4. The number of amides is 1. The highest BCUT2D eigenvalue weighted by atomic mass is 32.2. The monoisotopic (exact) mass is 377 g/mol. The first kappa shape index (κ1) is 20.4. The van der Waals surface area contributed by atoms with Gasteiger partial charge in [-0.2, -0.15) is 0 Å². The molecule has 2 rings (SSSR count). The van der Waals surface area contributed by atoms with Gasteiger partial charge in [-0.1, -0.05) is 56.8 Å². The Morgan fingerprint density at radius 3 is 2.54 bits per heavy atom. The molecule has 0 saturated heterocycles. The van der Waals surface area contributed by atoms with Crippen molar-refractivity contribution < 1.29 is 9.53 Å². The largest absolute Gasteiger partial charge is 0.385 e. The van der Waals surface area contributed by atoms with Crippen molar-refractivity contribution in [1.82, 2.24) is 20.2 Å². The van der Waals surface area contributed by atoms with E-state index in [1.165, 1.54) is 17.3 Å². The van der Waals surface area contributed by atoms with E-state index in [1.807, 2.05) is 4.57 Å². The lowest BCUT2D eigenvalue weighted by atomic mass is 9.87. The summed E-state index contributed by atoms with van der Waals surface area (Å²) in [5.74, 6) is 5.88. The van der Waals surface area contributed by atoms with Gasteiger partial charge in [0.05, 0.1) is 5.75 Å². The zero-order valence-corrected chi connectivity index (χ0v) is 16.6. The van der Waals surface area contributed by atoms with Crippen molar-refractivity contribution in [2.24, 2.45) is 5.84 Å². The second-order valence-corrected chi connectivity index (χ2v) is 7.93. The minimum absolute atomic E-state index is 0.0985. The van der Waals surface area contributed by atoms with Gasteiger partial charge in [0, 0.05) is 25.8 Å². The van der Waals surface area contributed by atoms with Crippen molar-refractivity contribution in [3.63, 3.8) is 0 Å². The second kappa shape index (κ2) is 9.16. The summed E-state index contributed by atoms with van der Waals surface area (Å²) in [6, 6.07) is 8.38. The average Bonchev–Trinajstić information content (AvgIpc) is 3.02. The number of hydrogen-bond donors (Lipinski definition) is 2. The first-order valence-corrected chi connectivity index (χ1v) is 9.50. The van der Waals surface area contributed by atoms with Crippen LogP contribution >= 0.6 is 11.8 Å². The maximum Gasteiger partial charge on any atom is 0.244 e. The van der Waals surface area contributed by atoms with Gasteiger partial charge in [-0.25, -0.2) is 5.84 Å². The van der Waals surface area contributed by atoms with Gasteiger partial charge in [-0.15, -0.1) is 10.2 Å². The number of rotatable bonds is 8. The predicted molar refractivity (Wildman–Crippen MR) is 104 cm³/mol. The van der Waals surface area contributed by atoms with E-state index in [9.17, 15) is 4.79 Å². The number of hydrogen-bond acceptors (Lipinski definition) is 6. The summed E-state index contributed by atoms with van der Waals surface area (Å²) < 4.78 is 7.18. The average molecular weight is 378 g/mol. The number of methoxy groups -OCH3 is 1. The van der Waals surface area contributed by atoms with Gasteiger partial charge in [-0.3, -0.25) is 10.2 Å². The molecule has 0 saturated carbocycles. The fourth-order valence-electron chi connectivity index (χ4n) is 2.47. The molecule has 2 aromatic rings. The van der Waals surface area contributed by atoms with E-state index in [4.69, 9.17) is 10.6 Å². The SMILES string of the molecule is COCCCn1c(SCC(=O)NN)nnc1-c1ccc(C(C)(C)C)cc1. The van der Waals surface area contributed by atoms with Crippen molar-refractivity contribution in [2.45, 2.75) is 44.3 Å². The van der Waals surface area contributed by atoms with E-state index in [-0.39, 0.29) is 17.1 Å². The number of carbonyl (C=O) groups is 1. The van der Waals surface area contributed by atoms with Crippen LogP contribution in [0.4, 0.5) is 0 Å². The molecule has 0 aliphatic heterocycles. The third-order valence-electron chi connectivity index (χ3n) is 3.95. The van der Waals surface area contributed by atoms with Crippen molar-refractivity contribution in [2.75, 3.05) is 19.5 Å². The summed E-state index contributed by atoms with van der Waals surface area (Å²) in [6.07, 6.45) is 0.832. The molecule has 1 aromatic carbocycles. The van der Waals surface area contributed by atoms with E-state index in [0.29, 0.717) is 18.3 Å². The van der Waals surface area contributed by atoms with Crippen LogP contribution in [0, 0.1) is 0 Å². The third-order valence-corrected chi connectivity index (χ3v) is 4.92. The first-order valence-electron chi connectivity index (χ1n) is 8.52. The summed E-state index contributed by atoms with van der Waals surface area (Å²) in [7, 11) is 1.68. The lowest BCUT2D eigenvalue weighted by Gasteiger charge is -2.19. The molecule has 142 valence electrons. The minimum atomic E-state index is -0.252. The molecule has 0 radical (unpaired) electrons. The molecule has 0 bridgehead atoms. The quantitative estimate of drug-likeness (QED) is 0.241. The van der Waals surface area contributed by atoms with E-state index in [2.05, 4.69) is 60.7 Å². The Hall–Kier alpha value is -1.90. The van der Waals surface area contributed by atoms with Gasteiger partial charge in [0.2, 0.25) is 5.91 Å². The number of nitrogens with two attached hydrogens (primary N) is 1. The number of nitrogens with zero attached hydrogens (tertiary/aromatic N) is 3. The van der Waals surface area contributed by atoms with Gasteiger partial charge in [-0.05, 0) is 17.4 Å². The molecule has 0 atom stereocenters. The number of ether oxygens (including phenoxy) is 1. The van der Waals surface area contributed by atoms with Crippen molar-refractivity contribution in [1.29, 1.82) is 0 Å². The van der Waals surface area contributed by atoms with E-state index in [0.717, 1.165) is 17.8 Å². The van der Waals surface area contributed by atoms with Crippen LogP contribution in [-0.2, 0) is 21.5 Å². The van der Waals surface area contributed by atoms with Crippen LogP contribution < -0.4 is 11.3 Å². The highest BCUT2D eigenvalue weighted by molar-refractivity contribution is 7.99. The molecule has 1 aromatic heterocycles. The smallest absolute Gasteiger partial charge is 0.244 e. The number of benzene rings is 1. The Morgan fingerprint density at radius 2 is 1.96 bits per heavy atom. The predicted octanol–water partition coefficient (Wildman–Crippen LogP) is 2.36. The van der Waals surface area contributed by atoms with Crippen LogP contribution in [0.25, 0.3) is 11.4 Å². The minimum Gasteiger partial charge on any atom is -0.385 e. The Kier molecular flexibility index (Phi) is 7.19. The summed E-state index contributed by atoms with van der Waals surface area (Å²) in [4.78, 5) is 11.4. The summed E-state index contributed by atoms with van der Waals surface area (Å²) in [6.45, 7) is 7.92. The lowest BCUT2D eigenvalue weighted by Crippen LogP contribution is -2.31. The number of thioether (sulfide) groups is 1. The van der Waals surface area contributed by atoms with E-state index >= 15 is 0 Å². The molecule has 1 heterocycles. The molecular formula is C18H27N5O2S. The third kappa shape index (κ3) is 5.30. The highest BCUT2D eigenvalue weighted by Gasteiger charge is 2.17. The Bertz CT molecular complexity index is 722. The van der Waals surface area contributed by atoms with Crippen LogP contribution in [0.1, 0.15) is 32.8 Å². The molecule has 8 heteroatoms. The van der Waals surface area contributed by atoms with E-state index < -0.39 is 0 Å². The second-order valence-electron chi connectivity index (χ2n) is 6.99. The summed E-state index contributed by atoms with van der Waals surface area (Å²) in [5, 5.41) is 9.31. The van der Waals surface area contributed by atoms with Crippen LogP contribution in [0.2, 0.25) is 0 Å². The summed E-state index contributed by atoms with van der Waals surface area (Å²) in [5.41, 5.74) is 4.49. The number of carbonyl (C=O) groups excluding carboxylic acids is 1. The van der Waals surface area contributed by atoms with Crippen LogP contribution in [-0.4, -0.2) is 40.1 Å². The number of nitrogens with one attached hydrogen (secondary N) is 1. The van der Waals surface area contributed by atoms with Crippen molar-refractivity contribution in [3.8, 4) is 11.4 Å². The van der Waals surface area contributed by atoms with Gasteiger partial charge < -0.3 is 9.30 Å². The molecule has 3 N–H and O–H groups in total. The van der Waals surface area contributed by atoms with Gasteiger partial charge in [0.1, 0.15) is 0 Å². The Morgan fingerprint density at radius 1 is 1.27 bits per heavy atom. The fraction of sp³-hybridized carbons (Fsp3) is 0.500. The van der Waals surface area contributed by atoms with Crippen molar-refractivity contribution in [3.05, 3.63) is 29.8 Å². The molecule has 0 unspecified atom stereocenters. The normalized spacial score (nSPS) is 11.6. The van der Waals surface area contributed by atoms with Gasteiger partial charge in [0.25, 0.3) is 0 Å². The fourth-order valence-corrected chi connectivity index (χ4v) is 3.24. The van der Waals surface area contributed by atoms with Crippen molar-refractivity contribution >= 4 is 17.7 Å². The molecule has 0 aliphatic carbocycles. The zero-order valence-electron chi connectivity index (χ0n) is 15.8. The Balaban J connectivity index is 2.28. The molecular weight excluding hydrogens is 350 g/mol. The molecule has 1 amide bonds. The van der Waals surface area contributed by atoms with Gasteiger partial charge in [0.15, 0.2) is 11.0 Å². The van der Waals surface area contributed by atoms with Crippen LogP contribution in [0.5, 0.6) is 0 Å². The highest BCUT2D eigenvalue weighted by Crippen LogP contribution is 2.27. The maximum atomic E-state index is 11.4. The molecule has 26 heavy (non-hydrogen) atoms. The lowest BCUT2D eigenvalue weighted by molar-refractivity contribution is -0.118. The molecule has 0 aliphatic rings. The van der Waals surface area contributed by atoms with Crippen LogP contribution in [0.15, 0.2) is 29.4 Å². The Labute approximate surface area is 158 Å². The summed E-state index contributed by atoms with van der Waals surface area (Å²) >= 11 is 1.32. The van der Waals surface area contributed by atoms with Gasteiger partial charge >= 0.3 is 0 Å². The maximum absolute atomic E-state index is 11.4. The number of hydrazine groups is 1. The van der Waals surface area contributed by atoms with Crippen LogP contribution in [0.3, 0.4) is 0 Å².